The van der Waals surface area contributed by atoms with Gasteiger partial charge in [-0.15, -0.1) is 10.2 Å². The molecule has 0 fully saturated rings. The zero-order valence-electron chi connectivity index (χ0n) is 11.1. The van der Waals surface area contributed by atoms with Gasteiger partial charge < -0.3 is 10.4 Å². The first-order chi connectivity index (χ1) is 9.63. The van der Waals surface area contributed by atoms with Gasteiger partial charge in [-0.05, 0) is 12.3 Å². The Morgan fingerprint density at radius 3 is 2.75 bits per heavy atom. The van der Waals surface area contributed by atoms with Crippen molar-refractivity contribution in [2.24, 2.45) is 7.05 Å². The van der Waals surface area contributed by atoms with Gasteiger partial charge in [0.2, 0.25) is 5.16 Å². The summed E-state index contributed by atoms with van der Waals surface area (Å²) in [7, 11) is 1.93. The maximum Gasteiger partial charge on any atom is 0.299 e. The summed E-state index contributed by atoms with van der Waals surface area (Å²) in [6, 6.07) is 7.82. The molecule has 0 spiro atoms. The minimum absolute atomic E-state index is 0.266. The molecular weight excluding hydrogens is 274 g/mol. The standard InChI is InChI=1S/C13H13N5OS/c1-17-7-9(8-5-3-4-6-10(8)17)11-12(19)18(14)13(20-2)16-15-11/h3-7H,14H2,1-2H3. The van der Waals surface area contributed by atoms with Gasteiger partial charge >= 0.3 is 0 Å². The number of fused-ring (bicyclic) bond motifs is 1. The van der Waals surface area contributed by atoms with Crippen LogP contribution >= 0.6 is 11.8 Å². The average Bonchev–Trinajstić information content (AvgIpc) is 2.80. The SMILES string of the molecule is CSc1nnc(-c2cn(C)c3ccccc23)c(=O)n1N. The third-order valence-corrected chi connectivity index (χ3v) is 3.84. The number of aromatic nitrogens is 4. The molecule has 102 valence electrons. The lowest BCUT2D eigenvalue weighted by Crippen LogP contribution is -2.31. The van der Waals surface area contributed by atoms with Crippen LogP contribution in [-0.4, -0.2) is 25.7 Å². The molecular formula is C13H13N5OS. The predicted octanol–water partition coefficient (Wildman–Crippen LogP) is 1.23. The van der Waals surface area contributed by atoms with Crippen LogP contribution in [0.5, 0.6) is 0 Å². The van der Waals surface area contributed by atoms with Crippen molar-refractivity contribution in [3.63, 3.8) is 0 Å². The van der Waals surface area contributed by atoms with Crippen LogP contribution in [0.2, 0.25) is 0 Å². The molecule has 0 amide bonds. The Balaban J connectivity index is 2.32. The molecule has 3 rings (SSSR count). The topological polar surface area (TPSA) is 78.7 Å². The van der Waals surface area contributed by atoms with E-state index < -0.39 is 0 Å². The molecule has 2 N–H and O–H groups in total. The molecule has 6 nitrogen and oxygen atoms in total. The van der Waals surface area contributed by atoms with E-state index in [9.17, 15) is 4.79 Å². The Labute approximate surface area is 119 Å². The lowest BCUT2D eigenvalue weighted by molar-refractivity contribution is 0.705. The number of hydrogen-bond acceptors (Lipinski definition) is 5. The van der Waals surface area contributed by atoms with Gasteiger partial charge in [0.15, 0.2) is 5.69 Å². The highest BCUT2D eigenvalue weighted by Gasteiger charge is 2.16. The fourth-order valence-corrected chi connectivity index (χ4v) is 2.63. The van der Waals surface area contributed by atoms with E-state index in [1.165, 1.54) is 11.8 Å². The molecule has 20 heavy (non-hydrogen) atoms. The Morgan fingerprint density at radius 2 is 2.00 bits per heavy atom. The predicted molar refractivity (Wildman–Crippen MR) is 80.1 cm³/mol. The van der Waals surface area contributed by atoms with Crippen molar-refractivity contribution in [2.45, 2.75) is 5.16 Å². The molecule has 0 saturated heterocycles. The van der Waals surface area contributed by atoms with Crippen molar-refractivity contribution in [3.05, 3.63) is 40.8 Å². The quantitative estimate of drug-likeness (QED) is 0.566. The molecule has 0 aliphatic carbocycles. The first kappa shape index (κ1) is 12.7. The largest absolute Gasteiger partial charge is 0.350 e. The van der Waals surface area contributed by atoms with Crippen LogP contribution in [0.25, 0.3) is 22.2 Å². The Bertz CT molecular complexity index is 852. The summed E-state index contributed by atoms with van der Waals surface area (Å²) in [6.45, 7) is 0. The number of benzene rings is 1. The molecule has 3 aromatic rings. The highest BCUT2D eigenvalue weighted by Crippen LogP contribution is 2.26. The number of aryl methyl sites for hydroxylation is 1. The van der Waals surface area contributed by atoms with E-state index >= 15 is 0 Å². The van der Waals surface area contributed by atoms with Crippen LogP contribution in [0.3, 0.4) is 0 Å². The van der Waals surface area contributed by atoms with Gasteiger partial charge in [0.1, 0.15) is 0 Å². The first-order valence-corrected chi connectivity index (χ1v) is 7.19. The monoisotopic (exact) mass is 287 g/mol. The molecule has 0 saturated carbocycles. The van der Waals surface area contributed by atoms with Gasteiger partial charge in [-0.1, -0.05) is 30.0 Å². The van der Waals surface area contributed by atoms with Gasteiger partial charge in [-0.3, -0.25) is 4.79 Å². The van der Waals surface area contributed by atoms with E-state index in [1.54, 1.807) is 6.26 Å². The average molecular weight is 287 g/mol. The summed E-state index contributed by atoms with van der Waals surface area (Å²) in [5.74, 6) is 5.76. The van der Waals surface area contributed by atoms with Gasteiger partial charge in [0, 0.05) is 29.7 Å². The number of nitrogens with zero attached hydrogens (tertiary/aromatic N) is 4. The number of para-hydroxylation sites is 1. The molecule has 0 bridgehead atoms. The fraction of sp³-hybridized carbons (Fsp3) is 0.154. The van der Waals surface area contributed by atoms with Crippen molar-refractivity contribution in [1.82, 2.24) is 19.4 Å². The fourth-order valence-electron chi connectivity index (χ4n) is 2.22. The maximum atomic E-state index is 12.3. The molecule has 7 heteroatoms. The van der Waals surface area contributed by atoms with Gasteiger partial charge in [0.25, 0.3) is 5.56 Å². The molecule has 0 atom stereocenters. The smallest absolute Gasteiger partial charge is 0.299 e. The van der Waals surface area contributed by atoms with Crippen LogP contribution in [0, 0.1) is 0 Å². The molecule has 0 aliphatic heterocycles. The van der Waals surface area contributed by atoms with Crippen molar-refractivity contribution >= 4 is 22.7 Å². The second-order valence-electron chi connectivity index (χ2n) is 4.38. The van der Waals surface area contributed by atoms with E-state index in [2.05, 4.69) is 10.2 Å². The van der Waals surface area contributed by atoms with Crippen LogP contribution in [0.15, 0.2) is 40.4 Å². The van der Waals surface area contributed by atoms with Crippen LogP contribution < -0.4 is 11.4 Å². The summed E-state index contributed by atoms with van der Waals surface area (Å²) >= 11 is 1.28. The number of thioether (sulfide) groups is 1. The van der Waals surface area contributed by atoms with E-state index in [-0.39, 0.29) is 11.3 Å². The summed E-state index contributed by atoms with van der Waals surface area (Å²) in [6.07, 6.45) is 3.67. The molecule has 2 aromatic heterocycles. The van der Waals surface area contributed by atoms with E-state index in [4.69, 9.17) is 5.84 Å². The Kier molecular flexibility index (Phi) is 2.98. The second kappa shape index (κ2) is 4.68. The lowest BCUT2D eigenvalue weighted by atomic mass is 10.1. The van der Waals surface area contributed by atoms with Gasteiger partial charge in [0.05, 0.1) is 0 Å². The molecule has 0 aliphatic rings. The first-order valence-electron chi connectivity index (χ1n) is 5.96. The summed E-state index contributed by atoms with van der Waals surface area (Å²) < 4.78 is 2.99. The van der Waals surface area contributed by atoms with E-state index in [1.807, 2.05) is 42.1 Å². The minimum atomic E-state index is -0.347. The highest BCUT2D eigenvalue weighted by molar-refractivity contribution is 7.98. The number of hydrogen-bond donors (Lipinski definition) is 1. The molecule has 1 aromatic carbocycles. The molecule has 0 radical (unpaired) electrons. The van der Waals surface area contributed by atoms with Crippen molar-refractivity contribution in [3.8, 4) is 11.3 Å². The van der Waals surface area contributed by atoms with Crippen molar-refractivity contribution in [2.75, 3.05) is 12.1 Å². The summed E-state index contributed by atoms with van der Waals surface area (Å²) in [5.41, 5.74) is 1.69. The van der Waals surface area contributed by atoms with E-state index in [0.717, 1.165) is 21.1 Å². The summed E-state index contributed by atoms with van der Waals surface area (Å²) in [4.78, 5) is 12.3. The zero-order valence-corrected chi connectivity index (χ0v) is 11.9. The van der Waals surface area contributed by atoms with Crippen molar-refractivity contribution in [1.29, 1.82) is 0 Å². The summed E-state index contributed by atoms with van der Waals surface area (Å²) in [5, 5.41) is 9.38. The Hall–Kier alpha value is -2.28. The highest BCUT2D eigenvalue weighted by atomic mass is 32.2. The minimum Gasteiger partial charge on any atom is -0.350 e. The molecule has 2 heterocycles. The van der Waals surface area contributed by atoms with Crippen LogP contribution in [0.1, 0.15) is 0 Å². The normalized spacial score (nSPS) is 11.1. The van der Waals surface area contributed by atoms with Gasteiger partial charge in [-0.2, -0.15) is 4.68 Å². The lowest BCUT2D eigenvalue weighted by Gasteiger charge is -2.04. The second-order valence-corrected chi connectivity index (χ2v) is 5.15. The van der Waals surface area contributed by atoms with Crippen LogP contribution in [0.4, 0.5) is 0 Å². The van der Waals surface area contributed by atoms with Crippen LogP contribution in [-0.2, 0) is 7.05 Å². The van der Waals surface area contributed by atoms with Crippen molar-refractivity contribution < 1.29 is 0 Å². The van der Waals surface area contributed by atoms with Gasteiger partial charge in [-0.25, -0.2) is 0 Å². The Morgan fingerprint density at radius 1 is 1.25 bits per heavy atom. The number of nitrogen functional groups attached to an aromatic ring is 1. The van der Waals surface area contributed by atoms with E-state index in [0.29, 0.717) is 5.16 Å². The zero-order chi connectivity index (χ0) is 14.3. The maximum absolute atomic E-state index is 12.3. The molecule has 0 unspecified atom stereocenters. The number of nitrogens with two attached hydrogens (primary N) is 1. The third-order valence-electron chi connectivity index (χ3n) is 3.20. The third kappa shape index (κ3) is 1.78. The number of rotatable bonds is 2.